The Morgan fingerprint density at radius 3 is 3.00 bits per heavy atom. The highest BCUT2D eigenvalue weighted by atomic mass is 35.5. The van der Waals surface area contributed by atoms with Gasteiger partial charge in [0.15, 0.2) is 0 Å². The average molecular weight is 187 g/mol. The maximum atomic E-state index is 5.72. The predicted molar refractivity (Wildman–Crippen MR) is 53.3 cm³/mol. The van der Waals surface area contributed by atoms with Crippen molar-refractivity contribution >= 4 is 29.0 Å². The number of rotatable bonds is 3. The highest BCUT2D eigenvalue weighted by Crippen LogP contribution is 2.13. The van der Waals surface area contributed by atoms with Crippen molar-refractivity contribution < 1.29 is 0 Å². The Bertz CT molecular complexity index is 218. The number of thiophene rings is 1. The van der Waals surface area contributed by atoms with Gasteiger partial charge in [0.1, 0.15) is 0 Å². The second-order valence-electron chi connectivity index (χ2n) is 2.35. The Labute approximate surface area is 76.5 Å². The molecule has 0 N–H and O–H groups in total. The summed E-state index contributed by atoms with van der Waals surface area (Å²) in [4.78, 5) is 0. The molecule has 60 valence electrons. The highest BCUT2D eigenvalue weighted by molar-refractivity contribution is 7.08. The molecule has 1 heterocycles. The largest absolute Gasteiger partial charge is 0.152 e. The lowest BCUT2D eigenvalue weighted by Gasteiger charge is -1.95. The molecule has 0 amide bonds. The van der Waals surface area contributed by atoms with Crippen molar-refractivity contribution in [3.8, 4) is 0 Å². The molecule has 0 radical (unpaired) electrons. The molecule has 0 nitrogen and oxygen atoms in total. The van der Waals surface area contributed by atoms with E-state index in [-0.39, 0.29) is 0 Å². The van der Waals surface area contributed by atoms with Crippen molar-refractivity contribution in [3.05, 3.63) is 28.0 Å². The van der Waals surface area contributed by atoms with E-state index in [4.69, 9.17) is 11.6 Å². The molecule has 1 rings (SSSR count). The van der Waals surface area contributed by atoms with E-state index in [0.717, 1.165) is 6.42 Å². The fourth-order valence-corrected chi connectivity index (χ4v) is 1.71. The van der Waals surface area contributed by atoms with Gasteiger partial charge < -0.3 is 0 Å². The van der Waals surface area contributed by atoms with Gasteiger partial charge in [-0.2, -0.15) is 11.3 Å². The van der Waals surface area contributed by atoms with E-state index in [1.165, 1.54) is 11.1 Å². The molecule has 0 aliphatic rings. The molecule has 0 bridgehead atoms. The summed E-state index contributed by atoms with van der Waals surface area (Å²) < 4.78 is 0. The molecular formula is C9H11ClS. The molecule has 1 aromatic heterocycles. The normalized spacial score (nSPS) is 12.0. The van der Waals surface area contributed by atoms with Crippen LogP contribution >= 0.6 is 22.9 Å². The standard InChI is InChI=1S/C9H11ClS/c1-2-8(6-10)5-9-3-4-11-7-9/h3-5,7H,2,6H2,1H3. The number of alkyl halides is 1. The van der Waals surface area contributed by atoms with E-state index < -0.39 is 0 Å². The minimum Gasteiger partial charge on any atom is -0.152 e. The second kappa shape index (κ2) is 4.58. The fraction of sp³-hybridized carbons (Fsp3) is 0.333. The van der Waals surface area contributed by atoms with E-state index in [1.54, 1.807) is 11.3 Å². The average Bonchev–Trinajstić information content (AvgIpc) is 2.52. The van der Waals surface area contributed by atoms with Crippen molar-refractivity contribution in [1.29, 1.82) is 0 Å². The van der Waals surface area contributed by atoms with Crippen LogP contribution in [0, 0.1) is 0 Å². The van der Waals surface area contributed by atoms with Gasteiger partial charge in [-0.25, -0.2) is 0 Å². The number of hydrogen-bond acceptors (Lipinski definition) is 1. The first-order valence-corrected chi connectivity index (χ1v) is 5.12. The summed E-state index contributed by atoms with van der Waals surface area (Å²) in [6, 6.07) is 2.10. The summed E-state index contributed by atoms with van der Waals surface area (Å²) in [5.74, 6) is 0.645. The molecule has 0 atom stereocenters. The van der Waals surface area contributed by atoms with Crippen LogP contribution < -0.4 is 0 Å². The smallest absolute Gasteiger partial charge is 0.0436 e. The van der Waals surface area contributed by atoms with Gasteiger partial charge in [-0.15, -0.1) is 11.6 Å². The van der Waals surface area contributed by atoms with Crippen molar-refractivity contribution in [2.75, 3.05) is 5.88 Å². The van der Waals surface area contributed by atoms with Gasteiger partial charge in [0.2, 0.25) is 0 Å². The van der Waals surface area contributed by atoms with Crippen LogP contribution in [-0.4, -0.2) is 5.88 Å². The lowest BCUT2D eigenvalue weighted by Crippen LogP contribution is -1.80. The lowest BCUT2D eigenvalue weighted by molar-refractivity contribution is 1.12. The van der Waals surface area contributed by atoms with Crippen LogP contribution in [0.4, 0.5) is 0 Å². The van der Waals surface area contributed by atoms with Crippen molar-refractivity contribution in [2.45, 2.75) is 13.3 Å². The van der Waals surface area contributed by atoms with Crippen LogP contribution in [0.3, 0.4) is 0 Å². The summed E-state index contributed by atoms with van der Waals surface area (Å²) in [6.45, 7) is 2.13. The van der Waals surface area contributed by atoms with Gasteiger partial charge in [-0.05, 0) is 28.8 Å². The first kappa shape index (κ1) is 8.82. The van der Waals surface area contributed by atoms with Gasteiger partial charge in [-0.1, -0.05) is 18.6 Å². The minimum atomic E-state index is 0.645. The molecule has 11 heavy (non-hydrogen) atoms. The zero-order valence-corrected chi connectivity index (χ0v) is 8.08. The van der Waals surface area contributed by atoms with E-state index in [0.29, 0.717) is 5.88 Å². The molecule has 2 heteroatoms. The molecular weight excluding hydrogens is 176 g/mol. The molecule has 0 aromatic carbocycles. The Kier molecular flexibility index (Phi) is 3.67. The molecule has 0 aliphatic carbocycles. The van der Waals surface area contributed by atoms with E-state index in [2.05, 4.69) is 29.8 Å². The Balaban J connectivity index is 2.71. The highest BCUT2D eigenvalue weighted by Gasteiger charge is 1.92. The molecule has 0 unspecified atom stereocenters. The third-order valence-corrected chi connectivity index (χ3v) is 2.58. The molecule has 0 aliphatic heterocycles. The SMILES string of the molecule is CCC(=Cc1ccsc1)CCl. The van der Waals surface area contributed by atoms with E-state index in [9.17, 15) is 0 Å². The molecule has 0 spiro atoms. The lowest BCUT2D eigenvalue weighted by atomic mass is 10.2. The minimum absolute atomic E-state index is 0.645. The van der Waals surface area contributed by atoms with Crippen molar-refractivity contribution in [3.63, 3.8) is 0 Å². The van der Waals surface area contributed by atoms with Crippen LogP contribution in [0.2, 0.25) is 0 Å². The van der Waals surface area contributed by atoms with Gasteiger partial charge >= 0.3 is 0 Å². The van der Waals surface area contributed by atoms with Crippen LogP contribution in [-0.2, 0) is 0 Å². The fourth-order valence-electron chi connectivity index (χ4n) is 0.828. The van der Waals surface area contributed by atoms with Crippen molar-refractivity contribution in [1.82, 2.24) is 0 Å². The zero-order chi connectivity index (χ0) is 8.10. The van der Waals surface area contributed by atoms with Crippen LogP contribution in [0.25, 0.3) is 6.08 Å². The number of halogens is 1. The summed E-state index contributed by atoms with van der Waals surface area (Å²) in [5.41, 5.74) is 2.57. The van der Waals surface area contributed by atoms with E-state index >= 15 is 0 Å². The second-order valence-corrected chi connectivity index (χ2v) is 3.39. The van der Waals surface area contributed by atoms with Crippen molar-refractivity contribution in [2.24, 2.45) is 0 Å². The molecule has 0 saturated carbocycles. The van der Waals surface area contributed by atoms with Gasteiger partial charge in [0, 0.05) is 5.88 Å². The van der Waals surface area contributed by atoms with Crippen LogP contribution in [0.15, 0.2) is 22.4 Å². The van der Waals surface area contributed by atoms with E-state index in [1.807, 2.05) is 0 Å². The summed E-state index contributed by atoms with van der Waals surface area (Å²) >= 11 is 7.43. The Morgan fingerprint density at radius 1 is 1.73 bits per heavy atom. The Hall–Kier alpha value is -0.270. The summed E-state index contributed by atoms with van der Waals surface area (Å²) in [5, 5.41) is 4.20. The molecule has 0 saturated heterocycles. The number of hydrogen-bond donors (Lipinski definition) is 0. The first-order chi connectivity index (χ1) is 5.36. The summed E-state index contributed by atoms with van der Waals surface area (Å²) in [6.07, 6.45) is 3.20. The maximum absolute atomic E-state index is 5.72. The molecule has 1 aromatic rings. The maximum Gasteiger partial charge on any atom is 0.0436 e. The van der Waals surface area contributed by atoms with Crippen LogP contribution in [0.1, 0.15) is 18.9 Å². The van der Waals surface area contributed by atoms with Crippen LogP contribution in [0.5, 0.6) is 0 Å². The zero-order valence-electron chi connectivity index (χ0n) is 6.51. The third kappa shape index (κ3) is 2.68. The first-order valence-electron chi connectivity index (χ1n) is 3.64. The third-order valence-electron chi connectivity index (χ3n) is 1.54. The quantitative estimate of drug-likeness (QED) is 0.631. The summed E-state index contributed by atoms with van der Waals surface area (Å²) in [7, 11) is 0. The van der Waals surface area contributed by atoms with Gasteiger partial charge in [0.05, 0.1) is 0 Å². The monoisotopic (exact) mass is 186 g/mol. The topological polar surface area (TPSA) is 0 Å². The molecule has 0 fully saturated rings. The van der Waals surface area contributed by atoms with Gasteiger partial charge in [-0.3, -0.25) is 0 Å². The Morgan fingerprint density at radius 2 is 2.55 bits per heavy atom. The van der Waals surface area contributed by atoms with Gasteiger partial charge in [0.25, 0.3) is 0 Å². The number of allylic oxidation sites excluding steroid dienone is 1. The predicted octanol–water partition coefficient (Wildman–Crippen LogP) is 3.78.